The second-order valence-corrected chi connectivity index (χ2v) is 4.97. The van der Waals surface area contributed by atoms with Crippen LogP contribution in [0.2, 0.25) is 0 Å². The Labute approximate surface area is 168 Å². The molecule has 24 heavy (non-hydrogen) atoms. The van der Waals surface area contributed by atoms with E-state index in [0.29, 0.717) is 36.0 Å². The van der Waals surface area contributed by atoms with Crippen LogP contribution in [0.5, 0.6) is 0 Å². The molecule has 0 N–H and O–H groups in total. The number of hydrogen-bond acceptors (Lipinski definition) is 3. The Bertz CT molecular complexity index is 600. The van der Waals surface area contributed by atoms with Gasteiger partial charge in [0, 0.05) is 0 Å². The Hall–Kier alpha value is -1.06. The van der Waals surface area contributed by atoms with Crippen LogP contribution in [0.25, 0.3) is 5.53 Å². The molecule has 0 amide bonds. The molecule has 0 aliphatic heterocycles. The number of rotatable bonds is 4. The van der Waals surface area contributed by atoms with Gasteiger partial charge in [-0.1, -0.05) is 6.92 Å². The minimum absolute atomic E-state index is 0. The second kappa shape index (κ2) is 14.3. The molecule has 7 heteroatoms. The first kappa shape index (κ1) is 25.2. The quantitative estimate of drug-likeness (QED) is 0.260. The Morgan fingerprint density at radius 1 is 1.21 bits per heavy atom. The zero-order chi connectivity index (χ0) is 16.4. The number of allylic oxidation sites excluding steroid dienone is 3. The summed E-state index contributed by atoms with van der Waals surface area (Å²) in [7, 11) is 0. The smallest absolute Gasteiger partial charge is 1.00 e. The molecule has 2 rings (SSSR count). The van der Waals surface area contributed by atoms with E-state index in [2.05, 4.69) is 30.4 Å². The van der Waals surface area contributed by atoms with Gasteiger partial charge in [0.05, 0.1) is 18.1 Å². The molecule has 0 heterocycles. The van der Waals surface area contributed by atoms with Crippen molar-refractivity contribution in [3.05, 3.63) is 63.9 Å². The molecule has 0 spiro atoms. The monoisotopic (exact) mass is 416 g/mol. The van der Waals surface area contributed by atoms with E-state index >= 15 is 0 Å². The van der Waals surface area contributed by atoms with Crippen molar-refractivity contribution in [3.63, 3.8) is 0 Å². The van der Waals surface area contributed by atoms with E-state index in [4.69, 9.17) is 15.0 Å². The molecule has 0 unspecified atom stereocenters. The van der Waals surface area contributed by atoms with E-state index in [1.807, 2.05) is 38.1 Å². The fourth-order valence-corrected chi connectivity index (χ4v) is 2.13. The van der Waals surface area contributed by atoms with Crippen molar-refractivity contribution in [2.75, 3.05) is 13.2 Å². The van der Waals surface area contributed by atoms with Crippen LogP contribution in [0.4, 0.5) is 0 Å². The van der Waals surface area contributed by atoms with Crippen LogP contribution in [-0.2, 0) is 29.0 Å². The van der Waals surface area contributed by atoms with Gasteiger partial charge in [0.25, 0.3) is 0 Å². The van der Waals surface area contributed by atoms with Crippen molar-refractivity contribution < 1.29 is 46.1 Å². The summed E-state index contributed by atoms with van der Waals surface area (Å²) >= 11 is 4.26. The summed E-state index contributed by atoms with van der Waals surface area (Å²) in [4.78, 5) is 3.82. The Morgan fingerprint density at radius 2 is 1.79 bits per heavy atom. The van der Waals surface area contributed by atoms with E-state index in [1.54, 1.807) is 6.08 Å². The fraction of sp³-hybridized carbons (Fsp3) is 0.353. The summed E-state index contributed by atoms with van der Waals surface area (Å²) in [6.45, 7) is 6.92. The van der Waals surface area contributed by atoms with Crippen LogP contribution in [-0.4, -0.2) is 23.7 Å². The van der Waals surface area contributed by atoms with Crippen molar-refractivity contribution in [3.8, 4) is 0 Å². The number of hydrogen-bond donors (Lipinski definition) is 1. The maximum Gasteiger partial charge on any atom is 2.00 e. The summed E-state index contributed by atoms with van der Waals surface area (Å²) in [5.74, 6) is 1.26. The molecule has 0 radical (unpaired) electrons. The van der Waals surface area contributed by atoms with Gasteiger partial charge in [-0.15, -0.1) is 12.6 Å². The van der Waals surface area contributed by atoms with Crippen molar-refractivity contribution in [2.45, 2.75) is 27.2 Å². The molecule has 1 aliphatic carbocycles. The molecule has 0 aromatic heterocycles. The van der Waals surface area contributed by atoms with Gasteiger partial charge >= 0.3 is 25.2 Å². The fourth-order valence-electron chi connectivity index (χ4n) is 1.79. The van der Waals surface area contributed by atoms with Crippen molar-refractivity contribution in [2.24, 2.45) is 0 Å². The predicted molar refractivity (Wildman–Crippen MR) is 90.6 cm³/mol. The van der Waals surface area contributed by atoms with Crippen LogP contribution >= 0.6 is 12.6 Å². The zero-order valence-corrected chi connectivity index (χ0v) is 18.9. The summed E-state index contributed by atoms with van der Waals surface area (Å²) in [5.41, 5.74) is 10.6. The topological polar surface area (TPSA) is 54.9 Å². The molecular weight excluding hydrogens is 397 g/mol. The van der Waals surface area contributed by atoms with E-state index in [0.717, 1.165) is 5.76 Å². The predicted octanol–water partition coefficient (Wildman–Crippen LogP) is 0.956. The zero-order valence-electron chi connectivity index (χ0n) is 14.3. The minimum atomic E-state index is 0. The Kier molecular flexibility index (Phi) is 15.0. The number of ether oxygens (including phenoxy) is 2. The standard InChI is InChI=1S/C10H14N2O2S.C7H7.ClH.Zn/c1-3-13-7-5-8(12-11)10(14-4-2)9(15)6-7;1-7-5-3-2-4-6-7;;/h6,15H,3-5H2,1-2H3;3-6H,1H3;1H;/q;-1;;+2/p-1. The summed E-state index contributed by atoms with van der Waals surface area (Å²) < 4.78 is 10.7. The average Bonchev–Trinajstić information content (AvgIpc) is 2.51. The number of aryl methyl sites for hydroxylation is 1. The molecule has 1 aromatic carbocycles. The first-order valence-electron chi connectivity index (χ1n) is 7.15. The molecule has 0 saturated carbocycles. The maximum absolute atomic E-state index is 8.85. The van der Waals surface area contributed by atoms with Gasteiger partial charge < -0.3 is 27.4 Å². The van der Waals surface area contributed by atoms with E-state index < -0.39 is 0 Å². The molecule has 0 bridgehead atoms. The van der Waals surface area contributed by atoms with Crippen molar-refractivity contribution in [1.29, 1.82) is 0 Å². The second-order valence-electron chi connectivity index (χ2n) is 4.49. The molecule has 4 nitrogen and oxygen atoms in total. The van der Waals surface area contributed by atoms with Gasteiger partial charge in [0.2, 0.25) is 5.76 Å². The van der Waals surface area contributed by atoms with Gasteiger partial charge in [-0.05, 0) is 19.9 Å². The molecule has 126 valence electrons. The summed E-state index contributed by atoms with van der Waals surface area (Å²) in [5, 5.41) is 0. The van der Waals surface area contributed by atoms with Crippen LogP contribution in [0.15, 0.2) is 46.8 Å². The van der Waals surface area contributed by atoms with Gasteiger partial charge in [-0.3, -0.25) is 0 Å². The SMILES string of the molecule is CCOC1=CC(S)=C(OCC)C(=[N+]=[N-])C1.Cc1cc[c-]cc1.[Cl-].[Zn+2]. The molecule has 1 aromatic rings. The molecule has 0 atom stereocenters. The normalized spacial score (nSPS) is 12.5. The molecular formula is C17H21ClN2O2SZn. The van der Waals surface area contributed by atoms with Crippen LogP contribution in [0.1, 0.15) is 25.8 Å². The number of halogens is 1. The largest absolute Gasteiger partial charge is 2.00 e. The van der Waals surface area contributed by atoms with Gasteiger partial charge in [0.1, 0.15) is 12.2 Å². The molecule has 0 saturated heterocycles. The number of benzene rings is 1. The third-order valence-electron chi connectivity index (χ3n) is 2.76. The van der Waals surface area contributed by atoms with Crippen molar-refractivity contribution >= 4 is 18.3 Å². The van der Waals surface area contributed by atoms with Crippen molar-refractivity contribution in [1.82, 2.24) is 0 Å². The van der Waals surface area contributed by atoms with Crippen LogP contribution in [0, 0.1) is 13.0 Å². The average molecular weight is 418 g/mol. The summed E-state index contributed by atoms with van der Waals surface area (Å²) in [6, 6.07) is 10.8. The van der Waals surface area contributed by atoms with Crippen LogP contribution in [0.3, 0.4) is 0 Å². The van der Waals surface area contributed by atoms with E-state index in [-0.39, 0.29) is 31.9 Å². The van der Waals surface area contributed by atoms with E-state index in [9.17, 15) is 0 Å². The molecule has 1 aliphatic rings. The maximum atomic E-state index is 8.85. The van der Waals surface area contributed by atoms with Gasteiger partial charge in [-0.25, -0.2) is 0 Å². The third kappa shape index (κ3) is 8.70. The minimum Gasteiger partial charge on any atom is -1.00 e. The molecule has 0 fully saturated rings. The van der Waals surface area contributed by atoms with Gasteiger partial charge in [0.15, 0.2) is 0 Å². The Balaban J connectivity index is 0. The van der Waals surface area contributed by atoms with E-state index in [1.165, 1.54) is 5.56 Å². The number of thiol groups is 1. The summed E-state index contributed by atoms with van der Waals surface area (Å²) in [6.07, 6.45) is 2.22. The third-order valence-corrected chi connectivity index (χ3v) is 3.09. The first-order valence-corrected chi connectivity index (χ1v) is 7.60. The number of nitrogens with zero attached hydrogens (tertiary/aromatic N) is 2. The van der Waals surface area contributed by atoms with Crippen LogP contribution < -0.4 is 12.4 Å². The Morgan fingerprint density at radius 3 is 2.21 bits per heavy atom. The van der Waals surface area contributed by atoms with Gasteiger partial charge in [-0.2, -0.15) is 40.7 Å². The first-order chi connectivity index (χ1) is 10.6.